The van der Waals surface area contributed by atoms with Crippen LogP contribution < -0.4 is 15.7 Å². The van der Waals surface area contributed by atoms with E-state index in [-0.39, 0.29) is 5.91 Å². The first kappa shape index (κ1) is 24.4. The number of fused-ring (bicyclic) bond motifs is 1. The Kier molecular flexibility index (Phi) is 8.35. The average Bonchev–Trinajstić information content (AvgIpc) is 3.00. The Bertz CT molecular complexity index is 969. The SMILES string of the molecule is Cc1ccc(CN2C(=O)[C@@H](N[C@@H](CCC3CCCCC3)C(=O)NO)CCc3ccccc32)cc1. The van der Waals surface area contributed by atoms with Gasteiger partial charge in [-0.05, 0) is 55.7 Å². The minimum absolute atomic E-state index is 0.0288. The van der Waals surface area contributed by atoms with Crippen molar-refractivity contribution in [3.05, 3.63) is 65.2 Å². The van der Waals surface area contributed by atoms with Gasteiger partial charge in [0.05, 0.1) is 18.6 Å². The number of nitrogens with one attached hydrogen (secondary N) is 2. The first-order valence-electron chi connectivity index (χ1n) is 12.7. The van der Waals surface area contributed by atoms with Gasteiger partial charge in [0, 0.05) is 5.69 Å². The van der Waals surface area contributed by atoms with E-state index in [1.807, 2.05) is 28.6 Å². The molecular weight excluding hydrogens is 426 g/mol. The maximum atomic E-state index is 13.8. The van der Waals surface area contributed by atoms with Gasteiger partial charge in [-0.2, -0.15) is 0 Å². The molecule has 6 heteroatoms. The smallest absolute Gasteiger partial charge is 0.260 e. The lowest BCUT2D eigenvalue weighted by Gasteiger charge is -2.29. The van der Waals surface area contributed by atoms with E-state index in [0.29, 0.717) is 25.3 Å². The zero-order valence-corrected chi connectivity index (χ0v) is 20.1. The topological polar surface area (TPSA) is 81.7 Å². The highest BCUT2D eigenvalue weighted by Crippen LogP contribution is 2.30. The fraction of sp³-hybridized carbons (Fsp3) is 0.500. The molecule has 0 radical (unpaired) electrons. The third kappa shape index (κ3) is 6.05. The second-order valence-electron chi connectivity index (χ2n) is 9.91. The van der Waals surface area contributed by atoms with Crippen LogP contribution in [0.2, 0.25) is 0 Å². The predicted molar refractivity (Wildman–Crippen MR) is 134 cm³/mol. The van der Waals surface area contributed by atoms with Crippen molar-refractivity contribution in [1.82, 2.24) is 10.8 Å². The number of para-hydroxylation sites is 1. The highest BCUT2D eigenvalue weighted by atomic mass is 16.5. The van der Waals surface area contributed by atoms with E-state index in [9.17, 15) is 14.8 Å². The minimum atomic E-state index is -0.594. The number of anilines is 1. The number of hydroxylamine groups is 1. The first-order valence-corrected chi connectivity index (χ1v) is 12.7. The van der Waals surface area contributed by atoms with Gasteiger partial charge in [0.1, 0.15) is 0 Å². The van der Waals surface area contributed by atoms with Gasteiger partial charge >= 0.3 is 0 Å². The number of carbonyl (C=O) groups is 2. The van der Waals surface area contributed by atoms with Crippen LogP contribution >= 0.6 is 0 Å². The Morgan fingerprint density at radius 1 is 1.06 bits per heavy atom. The third-order valence-electron chi connectivity index (χ3n) is 7.43. The van der Waals surface area contributed by atoms with Crippen molar-refractivity contribution in [2.75, 3.05) is 4.90 Å². The largest absolute Gasteiger partial charge is 0.306 e. The number of aryl methyl sites for hydroxylation is 2. The number of hydrogen-bond donors (Lipinski definition) is 3. The molecule has 1 fully saturated rings. The highest BCUT2D eigenvalue weighted by molar-refractivity contribution is 5.99. The summed E-state index contributed by atoms with van der Waals surface area (Å²) in [5, 5.41) is 12.7. The molecule has 0 saturated heterocycles. The number of benzene rings is 2. The molecule has 182 valence electrons. The monoisotopic (exact) mass is 463 g/mol. The molecule has 1 heterocycles. The normalized spacial score (nSPS) is 19.9. The van der Waals surface area contributed by atoms with Crippen molar-refractivity contribution < 1.29 is 14.8 Å². The maximum Gasteiger partial charge on any atom is 0.260 e. The van der Waals surface area contributed by atoms with Gasteiger partial charge in [-0.1, -0.05) is 80.1 Å². The van der Waals surface area contributed by atoms with Crippen LogP contribution in [0.25, 0.3) is 0 Å². The van der Waals surface area contributed by atoms with Gasteiger partial charge < -0.3 is 4.90 Å². The van der Waals surface area contributed by atoms with Gasteiger partial charge in [-0.15, -0.1) is 0 Å². The van der Waals surface area contributed by atoms with E-state index < -0.39 is 18.0 Å². The molecule has 1 aliphatic heterocycles. The molecule has 6 nitrogen and oxygen atoms in total. The second kappa shape index (κ2) is 11.6. The fourth-order valence-electron chi connectivity index (χ4n) is 5.40. The predicted octanol–water partition coefficient (Wildman–Crippen LogP) is 4.67. The molecule has 34 heavy (non-hydrogen) atoms. The standard InChI is InChI=1S/C28H37N3O3/c1-20-11-13-22(14-12-20)19-31-26-10-6-5-9-23(26)16-18-25(28(31)33)29-24(27(32)30-34)17-15-21-7-3-2-4-8-21/h5-6,9-14,21,24-25,29,34H,2-4,7-8,15-19H2,1H3,(H,30,32)/t24-,25-/m0/s1. The van der Waals surface area contributed by atoms with Crippen molar-refractivity contribution in [2.45, 2.75) is 83.3 Å². The van der Waals surface area contributed by atoms with Crippen LogP contribution in [0.1, 0.15) is 68.1 Å². The number of amides is 2. The van der Waals surface area contributed by atoms with Crippen LogP contribution in [0.4, 0.5) is 5.69 Å². The number of hydrogen-bond acceptors (Lipinski definition) is 4. The molecule has 2 amide bonds. The lowest BCUT2D eigenvalue weighted by atomic mass is 9.85. The fourth-order valence-corrected chi connectivity index (χ4v) is 5.40. The summed E-state index contributed by atoms with van der Waals surface area (Å²) in [6, 6.07) is 15.2. The Morgan fingerprint density at radius 3 is 2.53 bits per heavy atom. The van der Waals surface area contributed by atoms with Crippen LogP contribution in [0.5, 0.6) is 0 Å². The molecule has 4 rings (SSSR count). The molecule has 2 aliphatic rings. The van der Waals surface area contributed by atoms with Crippen molar-refractivity contribution in [3.8, 4) is 0 Å². The zero-order valence-electron chi connectivity index (χ0n) is 20.1. The molecular formula is C28H37N3O3. The Hall–Kier alpha value is -2.70. The zero-order chi connectivity index (χ0) is 23.9. The van der Waals surface area contributed by atoms with E-state index in [0.717, 1.165) is 29.7 Å². The first-order chi connectivity index (χ1) is 16.5. The highest BCUT2D eigenvalue weighted by Gasteiger charge is 2.33. The molecule has 0 unspecified atom stereocenters. The molecule has 2 aromatic carbocycles. The van der Waals surface area contributed by atoms with Gasteiger partial charge in [0.25, 0.3) is 5.91 Å². The molecule has 2 aromatic rings. The minimum Gasteiger partial charge on any atom is -0.306 e. The average molecular weight is 464 g/mol. The van der Waals surface area contributed by atoms with E-state index in [1.54, 1.807) is 0 Å². The van der Waals surface area contributed by atoms with Gasteiger partial charge in [0.15, 0.2) is 0 Å². The van der Waals surface area contributed by atoms with Gasteiger partial charge in [-0.3, -0.25) is 20.1 Å². The number of carbonyl (C=O) groups excluding carboxylic acids is 2. The summed E-state index contributed by atoms with van der Waals surface area (Å²) in [6.07, 6.45) is 9.11. The molecule has 1 saturated carbocycles. The summed E-state index contributed by atoms with van der Waals surface area (Å²) < 4.78 is 0. The van der Waals surface area contributed by atoms with Crippen molar-refractivity contribution in [2.24, 2.45) is 5.92 Å². The van der Waals surface area contributed by atoms with Gasteiger partial charge in [0.2, 0.25) is 5.91 Å². The summed E-state index contributed by atoms with van der Waals surface area (Å²) in [7, 11) is 0. The third-order valence-corrected chi connectivity index (χ3v) is 7.43. The van der Waals surface area contributed by atoms with Crippen molar-refractivity contribution in [1.29, 1.82) is 0 Å². The number of rotatable bonds is 8. The number of nitrogens with zero attached hydrogens (tertiary/aromatic N) is 1. The molecule has 1 aliphatic carbocycles. The lowest BCUT2D eigenvalue weighted by Crippen LogP contribution is -2.53. The molecule has 0 aromatic heterocycles. The Morgan fingerprint density at radius 2 is 1.79 bits per heavy atom. The summed E-state index contributed by atoms with van der Waals surface area (Å²) in [6.45, 7) is 2.53. The molecule has 2 atom stereocenters. The summed E-state index contributed by atoms with van der Waals surface area (Å²) in [4.78, 5) is 28.2. The molecule has 0 spiro atoms. The summed E-state index contributed by atoms with van der Waals surface area (Å²) in [5.74, 6) is 0.131. The van der Waals surface area contributed by atoms with E-state index in [2.05, 4.69) is 42.6 Å². The van der Waals surface area contributed by atoms with Crippen LogP contribution in [0, 0.1) is 12.8 Å². The van der Waals surface area contributed by atoms with Crippen LogP contribution in [-0.4, -0.2) is 29.1 Å². The Labute approximate surface area is 202 Å². The maximum absolute atomic E-state index is 13.8. The van der Waals surface area contributed by atoms with Gasteiger partial charge in [-0.25, -0.2) is 5.48 Å². The quantitative estimate of drug-likeness (QED) is 0.393. The summed E-state index contributed by atoms with van der Waals surface area (Å²) in [5.41, 5.74) is 6.14. The second-order valence-corrected chi connectivity index (χ2v) is 9.91. The van der Waals surface area contributed by atoms with Crippen LogP contribution in [0.3, 0.4) is 0 Å². The lowest BCUT2D eigenvalue weighted by molar-refractivity contribution is -0.132. The van der Waals surface area contributed by atoms with Crippen molar-refractivity contribution in [3.63, 3.8) is 0 Å². The van der Waals surface area contributed by atoms with E-state index >= 15 is 0 Å². The van der Waals surface area contributed by atoms with E-state index in [1.165, 1.54) is 37.7 Å². The van der Waals surface area contributed by atoms with Crippen LogP contribution in [-0.2, 0) is 22.6 Å². The van der Waals surface area contributed by atoms with Crippen molar-refractivity contribution >= 4 is 17.5 Å². The summed E-state index contributed by atoms with van der Waals surface area (Å²) >= 11 is 0. The van der Waals surface area contributed by atoms with E-state index in [4.69, 9.17) is 0 Å². The molecule has 3 N–H and O–H groups in total. The van der Waals surface area contributed by atoms with Crippen LogP contribution in [0.15, 0.2) is 48.5 Å². The Balaban J connectivity index is 1.52. The molecule has 0 bridgehead atoms.